The van der Waals surface area contributed by atoms with Crippen molar-refractivity contribution in [2.24, 2.45) is 0 Å². The molecule has 1 heterocycles. The van der Waals surface area contributed by atoms with E-state index in [0.29, 0.717) is 31.7 Å². The van der Waals surface area contributed by atoms with Crippen LogP contribution < -0.4 is 10.6 Å². The lowest BCUT2D eigenvalue weighted by molar-refractivity contribution is -0.245. The first-order valence-corrected chi connectivity index (χ1v) is 16.5. The van der Waals surface area contributed by atoms with Crippen molar-refractivity contribution in [1.29, 1.82) is 0 Å². The molecule has 1 fully saturated rings. The molecule has 0 bridgehead atoms. The molecule has 1 aliphatic heterocycles. The number of ether oxygens (including phenoxy) is 2. The first-order valence-electron chi connectivity index (χ1n) is 15.3. The Bertz CT molecular complexity index is 1330. The fourth-order valence-electron chi connectivity index (χ4n) is 5.17. The second-order valence-electron chi connectivity index (χ2n) is 11.0. The maximum absolute atomic E-state index is 12.4. The summed E-state index contributed by atoms with van der Waals surface area (Å²) in [5.41, 5.74) is 5.92. The number of rotatable bonds is 16. The van der Waals surface area contributed by atoms with Gasteiger partial charge >= 0.3 is 0 Å². The molecule has 44 heavy (non-hydrogen) atoms. The van der Waals surface area contributed by atoms with Crippen LogP contribution in [0.4, 0.5) is 0 Å². The summed E-state index contributed by atoms with van der Waals surface area (Å²) in [7, 11) is 0. The topological polar surface area (TPSA) is 117 Å². The van der Waals surface area contributed by atoms with Crippen LogP contribution in [-0.2, 0) is 32.2 Å². The molecule has 2 amide bonds. The number of benzene rings is 3. The van der Waals surface area contributed by atoms with Crippen LogP contribution in [0, 0.1) is 0 Å². The van der Waals surface area contributed by atoms with Gasteiger partial charge in [0.15, 0.2) is 6.29 Å². The molecule has 0 radical (unpaired) electrons. The Balaban J connectivity index is 1.39. The van der Waals surface area contributed by atoms with Crippen molar-refractivity contribution >= 4 is 23.6 Å². The third kappa shape index (κ3) is 10.7. The molecule has 4 N–H and O–H groups in total. The molecule has 236 valence electrons. The smallest absolute Gasteiger partial charge is 0.220 e. The van der Waals surface area contributed by atoms with Gasteiger partial charge in [0.25, 0.3) is 0 Å². The Kier molecular flexibility index (Phi) is 13.7. The molecule has 3 atom stereocenters. The third-order valence-corrected chi connectivity index (χ3v) is 8.60. The first kappa shape index (κ1) is 33.7. The summed E-state index contributed by atoms with van der Waals surface area (Å²) < 4.78 is 12.9. The number of aliphatic hydroxyl groups excluding tert-OH is 2. The third-order valence-electron chi connectivity index (χ3n) is 7.52. The van der Waals surface area contributed by atoms with E-state index in [0.717, 1.165) is 58.4 Å². The van der Waals surface area contributed by atoms with Crippen LogP contribution in [0.15, 0.2) is 72.8 Å². The van der Waals surface area contributed by atoms with Gasteiger partial charge in [-0.25, -0.2) is 0 Å². The van der Waals surface area contributed by atoms with E-state index in [2.05, 4.69) is 34.9 Å². The predicted molar refractivity (Wildman–Crippen MR) is 174 cm³/mol. The van der Waals surface area contributed by atoms with Crippen molar-refractivity contribution in [1.82, 2.24) is 10.6 Å². The lowest BCUT2D eigenvalue weighted by Crippen LogP contribution is -2.31. The number of unbranched alkanes of at least 4 members (excludes halogenated alkanes) is 2. The molecule has 4 rings (SSSR count). The highest BCUT2D eigenvalue weighted by Gasteiger charge is 2.32. The molecule has 8 nitrogen and oxygen atoms in total. The minimum absolute atomic E-state index is 0.000450. The van der Waals surface area contributed by atoms with Crippen LogP contribution in [0.5, 0.6) is 0 Å². The second kappa shape index (κ2) is 17.9. The Morgan fingerprint density at radius 3 is 2.39 bits per heavy atom. The van der Waals surface area contributed by atoms with Gasteiger partial charge in [-0.3, -0.25) is 9.59 Å². The average Bonchev–Trinajstić information content (AvgIpc) is 3.05. The largest absolute Gasteiger partial charge is 0.396 e. The van der Waals surface area contributed by atoms with Gasteiger partial charge in [0.2, 0.25) is 11.8 Å². The van der Waals surface area contributed by atoms with Gasteiger partial charge < -0.3 is 30.3 Å². The number of thioether (sulfide) groups is 1. The van der Waals surface area contributed by atoms with Gasteiger partial charge in [-0.15, -0.1) is 0 Å². The lowest BCUT2D eigenvalue weighted by atomic mass is 9.99. The zero-order valence-electron chi connectivity index (χ0n) is 25.4. The van der Waals surface area contributed by atoms with Gasteiger partial charge in [-0.05, 0) is 52.8 Å². The van der Waals surface area contributed by atoms with Gasteiger partial charge in [0.05, 0.1) is 25.4 Å². The van der Waals surface area contributed by atoms with E-state index in [1.165, 1.54) is 6.92 Å². The number of carbonyl (C=O) groups excluding carboxylic acids is 2. The summed E-state index contributed by atoms with van der Waals surface area (Å²) in [6, 6.07) is 24.2. The van der Waals surface area contributed by atoms with Crippen molar-refractivity contribution in [3.8, 4) is 11.1 Å². The summed E-state index contributed by atoms with van der Waals surface area (Å²) in [6.45, 7) is 2.74. The molecule has 0 saturated carbocycles. The maximum Gasteiger partial charge on any atom is 0.220 e. The number of nitrogens with one attached hydrogen (secondary N) is 2. The minimum atomic E-state index is -0.549. The molecule has 1 aliphatic rings. The minimum Gasteiger partial charge on any atom is -0.396 e. The van der Waals surface area contributed by atoms with E-state index < -0.39 is 6.29 Å². The van der Waals surface area contributed by atoms with E-state index in [4.69, 9.17) is 9.47 Å². The van der Waals surface area contributed by atoms with Crippen LogP contribution in [0.3, 0.4) is 0 Å². The number of hydrogen-bond donors (Lipinski definition) is 4. The molecule has 0 spiro atoms. The SMILES string of the molecule is CC(=O)NCCCCCC(=O)NCc1cccc(-c2cccc([C@H]3O[C@@H](CSCCO)C[C@@H](c4ccc(CO)cc4)O3)c2)c1. The summed E-state index contributed by atoms with van der Waals surface area (Å²) in [4.78, 5) is 23.3. The molecule has 3 aromatic rings. The normalized spacial score (nSPS) is 18.1. The average molecular weight is 621 g/mol. The molecular weight excluding hydrogens is 576 g/mol. The molecule has 0 unspecified atom stereocenters. The highest BCUT2D eigenvalue weighted by Crippen LogP contribution is 2.39. The molecule has 0 aliphatic carbocycles. The van der Waals surface area contributed by atoms with Crippen LogP contribution in [-0.4, -0.2) is 52.8 Å². The van der Waals surface area contributed by atoms with Gasteiger partial charge in [-0.2, -0.15) is 11.8 Å². The highest BCUT2D eigenvalue weighted by atomic mass is 32.2. The zero-order valence-corrected chi connectivity index (χ0v) is 26.2. The number of carbonyl (C=O) groups is 2. The second-order valence-corrected chi connectivity index (χ2v) is 12.2. The van der Waals surface area contributed by atoms with E-state index in [-0.39, 0.29) is 37.2 Å². The number of aliphatic hydroxyl groups is 2. The Morgan fingerprint density at radius 1 is 0.864 bits per heavy atom. The first-order chi connectivity index (χ1) is 21.4. The maximum atomic E-state index is 12.4. The molecule has 9 heteroatoms. The van der Waals surface area contributed by atoms with Crippen molar-refractivity contribution in [3.63, 3.8) is 0 Å². The summed E-state index contributed by atoms with van der Waals surface area (Å²) in [5, 5.41) is 24.5. The Labute approximate surface area is 264 Å². The Morgan fingerprint density at radius 2 is 1.64 bits per heavy atom. The summed E-state index contributed by atoms with van der Waals surface area (Å²) in [6.07, 6.45) is 2.98. The summed E-state index contributed by atoms with van der Waals surface area (Å²) in [5.74, 6) is 1.42. The quantitative estimate of drug-likeness (QED) is 0.158. The molecule has 3 aromatic carbocycles. The van der Waals surface area contributed by atoms with E-state index in [1.807, 2.05) is 48.5 Å². The predicted octanol–water partition coefficient (Wildman–Crippen LogP) is 5.43. The number of hydrogen-bond acceptors (Lipinski definition) is 7. The van der Waals surface area contributed by atoms with Crippen molar-refractivity contribution in [2.45, 2.75) is 70.7 Å². The van der Waals surface area contributed by atoms with Gasteiger partial charge in [0.1, 0.15) is 0 Å². The van der Waals surface area contributed by atoms with E-state index in [9.17, 15) is 19.8 Å². The van der Waals surface area contributed by atoms with Crippen LogP contribution >= 0.6 is 11.8 Å². The number of amides is 2. The molecule has 0 aromatic heterocycles. The van der Waals surface area contributed by atoms with Crippen molar-refractivity contribution in [3.05, 3.63) is 95.1 Å². The fourth-order valence-corrected chi connectivity index (χ4v) is 5.94. The summed E-state index contributed by atoms with van der Waals surface area (Å²) >= 11 is 1.67. The highest BCUT2D eigenvalue weighted by molar-refractivity contribution is 7.99. The fraction of sp³-hybridized carbons (Fsp3) is 0.429. The van der Waals surface area contributed by atoms with Gasteiger partial charge in [0, 0.05) is 49.9 Å². The zero-order chi connectivity index (χ0) is 31.1. The van der Waals surface area contributed by atoms with Crippen LogP contribution in [0.2, 0.25) is 0 Å². The van der Waals surface area contributed by atoms with Gasteiger partial charge in [-0.1, -0.05) is 67.1 Å². The van der Waals surface area contributed by atoms with E-state index in [1.54, 1.807) is 11.8 Å². The van der Waals surface area contributed by atoms with Crippen LogP contribution in [0.1, 0.15) is 73.7 Å². The lowest BCUT2D eigenvalue weighted by Gasteiger charge is -2.36. The molecular formula is C35H44N2O6S. The van der Waals surface area contributed by atoms with Crippen LogP contribution in [0.25, 0.3) is 11.1 Å². The Hall–Kier alpha value is -3.21. The van der Waals surface area contributed by atoms with Crippen molar-refractivity contribution in [2.75, 3.05) is 24.7 Å². The molecule has 1 saturated heterocycles. The van der Waals surface area contributed by atoms with E-state index >= 15 is 0 Å². The monoisotopic (exact) mass is 620 g/mol. The van der Waals surface area contributed by atoms with Crippen molar-refractivity contribution < 1.29 is 29.3 Å². The standard InChI is InChI=1S/C35H44N2O6S/c1-25(40)36-16-4-2-3-11-34(41)37-22-27-7-5-8-29(19-27)30-9-6-10-31(20-30)35-42-32(24-44-18-17-38)21-33(43-35)28-14-12-26(23-39)13-15-28/h5-10,12-15,19-20,32-33,35,38-39H,2-4,11,16-18,21-24H2,1H3,(H,36,40)(H,37,41)/t32-,33+,35+/m1/s1.